The van der Waals surface area contributed by atoms with Crippen molar-refractivity contribution in [2.45, 2.75) is 168 Å². The zero-order valence-corrected chi connectivity index (χ0v) is 30.0. The van der Waals surface area contributed by atoms with E-state index in [4.69, 9.17) is 19.3 Å². The van der Waals surface area contributed by atoms with Crippen molar-refractivity contribution in [2.24, 2.45) is 5.92 Å². The lowest BCUT2D eigenvalue weighted by Gasteiger charge is -2.18. The summed E-state index contributed by atoms with van der Waals surface area (Å²) in [6.07, 6.45) is 27.5. The third kappa shape index (κ3) is 33.6. The van der Waals surface area contributed by atoms with Crippen LogP contribution >= 0.6 is 7.82 Å². The lowest BCUT2D eigenvalue weighted by Crippen LogP contribution is -2.29. The molecule has 0 bridgehead atoms. The van der Waals surface area contributed by atoms with E-state index in [0.717, 1.165) is 76.5 Å². The molecule has 0 heterocycles. The summed E-state index contributed by atoms with van der Waals surface area (Å²) in [5.74, 6) is 0.00496. The molecule has 0 fully saturated rings. The van der Waals surface area contributed by atoms with Crippen LogP contribution in [0.2, 0.25) is 0 Å². The van der Waals surface area contributed by atoms with E-state index in [-0.39, 0.29) is 25.2 Å². The number of hydrogen-bond acceptors (Lipinski definition) is 7. The van der Waals surface area contributed by atoms with Crippen molar-refractivity contribution in [3.8, 4) is 0 Å². The maximum absolute atomic E-state index is 12.3. The van der Waals surface area contributed by atoms with Crippen molar-refractivity contribution in [3.63, 3.8) is 0 Å². The molecule has 0 aliphatic rings. The van der Waals surface area contributed by atoms with Crippen LogP contribution in [0.5, 0.6) is 0 Å². The molecule has 0 aromatic carbocycles. The highest BCUT2D eigenvalue weighted by molar-refractivity contribution is 7.46. The number of phosphoric acid groups is 1. The van der Waals surface area contributed by atoms with Gasteiger partial charge in [-0.2, -0.15) is 0 Å². The number of phosphoric ester groups is 1. The molecule has 0 radical (unpaired) electrons. The molecule has 9 nitrogen and oxygen atoms in total. The number of carbonyl (C=O) groups is 3. The first-order valence-corrected chi connectivity index (χ1v) is 19.5. The molecule has 0 saturated carbocycles. The highest BCUT2D eigenvalue weighted by Crippen LogP contribution is 2.36. The standard InChI is InChI=1S/C36H65O9P/c1-4-5-20-26-33(37)27-22-17-13-9-7-10-14-18-23-28-35(38)43-30-34(31-44-46(40,41)42)45-36(39)29-24-19-15-11-6-8-12-16-21-25-32(2)3/h13,17,22,27,32,34H,4-12,14-16,18-21,23-26,28-31H2,1-3H3,(H2,40,41,42)/b17-13-,27-22+/t34-/m1/s1. The summed E-state index contributed by atoms with van der Waals surface area (Å²) >= 11 is 0. The fraction of sp³-hybridized carbons (Fsp3) is 0.806. The van der Waals surface area contributed by atoms with Crippen LogP contribution in [0.3, 0.4) is 0 Å². The number of rotatable bonds is 32. The molecule has 0 aliphatic carbocycles. The van der Waals surface area contributed by atoms with Crippen LogP contribution in [0.25, 0.3) is 0 Å². The average Bonchev–Trinajstić information content (AvgIpc) is 2.99. The van der Waals surface area contributed by atoms with E-state index >= 15 is 0 Å². The van der Waals surface area contributed by atoms with E-state index < -0.39 is 32.5 Å². The fourth-order valence-corrected chi connectivity index (χ4v) is 5.25. The molecular formula is C36H65O9P. The first-order chi connectivity index (χ1) is 22.0. The van der Waals surface area contributed by atoms with Crippen molar-refractivity contribution in [1.29, 1.82) is 0 Å². The van der Waals surface area contributed by atoms with Gasteiger partial charge in [0.05, 0.1) is 6.61 Å². The molecule has 0 amide bonds. The van der Waals surface area contributed by atoms with Crippen LogP contribution in [0.1, 0.15) is 162 Å². The Morgan fingerprint density at radius 1 is 0.674 bits per heavy atom. The Bertz CT molecular complexity index is 879. The van der Waals surface area contributed by atoms with Gasteiger partial charge < -0.3 is 19.3 Å². The van der Waals surface area contributed by atoms with E-state index in [9.17, 15) is 18.9 Å². The smallest absolute Gasteiger partial charge is 0.462 e. The van der Waals surface area contributed by atoms with Crippen molar-refractivity contribution >= 4 is 25.5 Å². The number of ketones is 1. The van der Waals surface area contributed by atoms with Gasteiger partial charge in [0.2, 0.25) is 0 Å². The van der Waals surface area contributed by atoms with Crippen LogP contribution < -0.4 is 0 Å². The molecule has 0 rings (SSSR count). The Balaban J connectivity index is 4.06. The minimum atomic E-state index is -4.76. The molecule has 0 aromatic rings. The fourth-order valence-electron chi connectivity index (χ4n) is 4.89. The summed E-state index contributed by atoms with van der Waals surface area (Å²) in [5.41, 5.74) is 0. The SMILES string of the molecule is CCCCCC(=O)/C=C/C=C\CCCCCCCC(=O)OC[C@H](COP(=O)(O)O)OC(=O)CCCCCCCCCCCC(C)C. The largest absolute Gasteiger partial charge is 0.469 e. The third-order valence-corrected chi connectivity index (χ3v) is 8.11. The molecule has 2 N–H and O–H groups in total. The minimum absolute atomic E-state index is 0.173. The Morgan fingerprint density at radius 3 is 1.80 bits per heavy atom. The predicted molar refractivity (Wildman–Crippen MR) is 184 cm³/mol. The van der Waals surface area contributed by atoms with E-state index in [1.807, 2.05) is 12.2 Å². The van der Waals surface area contributed by atoms with Gasteiger partial charge in [0.25, 0.3) is 0 Å². The average molecular weight is 673 g/mol. The topological polar surface area (TPSA) is 136 Å². The van der Waals surface area contributed by atoms with Crippen molar-refractivity contribution < 1.29 is 42.7 Å². The Morgan fingerprint density at radius 2 is 1.22 bits per heavy atom. The molecule has 10 heteroatoms. The van der Waals surface area contributed by atoms with Crippen LogP contribution in [0.4, 0.5) is 0 Å². The molecule has 268 valence electrons. The van der Waals surface area contributed by atoms with E-state index in [1.54, 1.807) is 6.08 Å². The van der Waals surface area contributed by atoms with Crippen LogP contribution in [0, 0.1) is 5.92 Å². The summed E-state index contributed by atoms with van der Waals surface area (Å²) in [4.78, 5) is 54.3. The molecule has 0 aliphatic heterocycles. The van der Waals surface area contributed by atoms with Crippen LogP contribution in [0.15, 0.2) is 24.3 Å². The lowest BCUT2D eigenvalue weighted by molar-refractivity contribution is -0.161. The summed E-state index contributed by atoms with van der Waals surface area (Å²) in [5, 5.41) is 0. The molecule has 46 heavy (non-hydrogen) atoms. The highest BCUT2D eigenvalue weighted by Gasteiger charge is 2.22. The highest BCUT2D eigenvalue weighted by atomic mass is 31.2. The van der Waals surface area contributed by atoms with Gasteiger partial charge >= 0.3 is 19.8 Å². The van der Waals surface area contributed by atoms with Crippen molar-refractivity contribution in [3.05, 3.63) is 24.3 Å². The van der Waals surface area contributed by atoms with E-state index in [0.29, 0.717) is 19.3 Å². The van der Waals surface area contributed by atoms with Gasteiger partial charge in [-0.3, -0.25) is 18.9 Å². The summed E-state index contributed by atoms with van der Waals surface area (Å²) in [6, 6.07) is 0. The summed E-state index contributed by atoms with van der Waals surface area (Å²) in [6.45, 7) is 5.77. The number of hydrogen-bond donors (Lipinski definition) is 2. The minimum Gasteiger partial charge on any atom is -0.462 e. The van der Waals surface area contributed by atoms with Gasteiger partial charge in [-0.15, -0.1) is 0 Å². The molecule has 0 saturated heterocycles. The van der Waals surface area contributed by atoms with Gasteiger partial charge in [-0.05, 0) is 44.1 Å². The Labute approximate surface area is 279 Å². The molecule has 0 aromatic heterocycles. The predicted octanol–water partition coefficient (Wildman–Crippen LogP) is 9.49. The monoisotopic (exact) mass is 672 g/mol. The zero-order chi connectivity index (χ0) is 34.3. The number of ether oxygens (including phenoxy) is 2. The second kappa shape index (κ2) is 30.5. The van der Waals surface area contributed by atoms with Crippen molar-refractivity contribution in [2.75, 3.05) is 13.2 Å². The van der Waals surface area contributed by atoms with E-state index in [2.05, 4.69) is 31.4 Å². The quantitative estimate of drug-likeness (QED) is 0.0235. The maximum Gasteiger partial charge on any atom is 0.469 e. The first kappa shape index (κ1) is 44.2. The Kier molecular flexibility index (Phi) is 29.3. The Hall–Kier alpha value is -1.80. The van der Waals surface area contributed by atoms with Gasteiger partial charge in [-0.1, -0.05) is 129 Å². The summed E-state index contributed by atoms with van der Waals surface area (Å²) in [7, 11) is -4.76. The lowest BCUT2D eigenvalue weighted by atomic mass is 10.0. The third-order valence-electron chi connectivity index (χ3n) is 7.63. The molecular weight excluding hydrogens is 607 g/mol. The number of unbranched alkanes of at least 4 members (excludes halogenated alkanes) is 15. The molecule has 0 spiro atoms. The van der Waals surface area contributed by atoms with Gasteiger partial charge in [-0.25, -0.2) is 4.57 Å². The zero-order valence-electron chi connectivity index (χ0n) is 29.1. The van der Waals surface area contributed by atoms with Gasteiger partial charge in [0, 0.05) is 19.3 Å². The first-order valence-electron chi connectivity index (χ1n) is 17.9. The number of allylic oxidation sites excluding steroid dienone is 4. The van der Waals surface area contributed by atoms with Gasteiger partial charge in [0.1, 0.15) is 6.61 Å². The number of carbonyl (C=O) groups excluding carboxylic acids is 3. The second-order valence-corrected chi connectivity index (χ2v) is 14.0. The maximum atomic E-state index is 12.3. The second-order valence-electron chi connectivity index (χ2n) is 12.7. The normalized spacial score (nSPS) is 12.7. The van der Waals surface area contributed by atoms with Crippen molar-refractivity contribution in [1.82, 2.24) is 0 Å². The van der Waals surface area contributed by atoms with Crippen LogP contribution in [-0.2, 0) is 32.9 Å². The molecule has 1 atom stereocenters. The van der Waals surface area contributed by atoms with Crippen LogP contribution in [-0.4, -0.2) is 46.8 Å². The van der Waals surface area contributed by atoms with Gasteiger partial charge in [0.15, 0.2) is 11.9 Å². The summed E-state index contributed by atoms with van der Waals surface area (Å²) < 4.78 is 26.2. The number of esters is 2. The van der Waals surface area contributed by atoms with E-state index in [1.165, 1.54) is 38.5 Å². The molecule has 0 unspecified atom stereocenters.